The van der Waals surface area contributed by atoms with Crippen molar-refractivity contribution in [3.8, 4) is 11.1 Å². The summed E-state index contributed by atoms with van der Waals surface area (Å²) in [4.78, 5) is 0. The second kappa shape index (κ2) is 5.68. The van der Waals surface area contributed by atoms with Crippen LogP contribution in [-0.4, -0.2) is 0 Å². The van der Waals surface area contributed by atoms with Crippen LogP contribution >= 0.6 is 11.3 Å². The van der Waals surface area contributed by atoms with E-state index in [1.54, 1.807) is 0 Å². The van der Waals surface area contributed by atoms with Crippen LogP contribution in [0.2, 0.25) is 0 Å². The number of allylic oxidation sites excluding steroid dienone is 1. The molecule has 0 N–H and O–H groups in total. The molecule has 0 aliphatic rings. The van der Waals surface area contributed by atoms with Gasteiger partial charge in [-0.25, -0.2) is 0 Å². The van der Waals surface area contributed by atoms with Gasteiger partial charge in [0.25, 0.3) is 0 Å². The fourth-order valence-electron chi connectivity index (χ4n) is 3.24. The molecule has 4 rings (SSSR count). The molecule has 0 nitrogen and oxygen atoms in total. The lowest BCUT2D eigenvalue weighted by molar-refractivity contribution is 1.46. The van der Waals surface area contributed by atoms with Crippen molar-refractivity contribution in [2.24, 2.45) is 0 Å². The Morgan fingerprint density at radius 3 is 2.52 bits per heavy atom. The molecule has 0 bridgehead atoms. The van der Waals surface area contributed by atoms with E-state index in [0.717, 1.165) is 0 Å². The summed E-state index contributed by atoms with van der Waals surface area (Å²) >= 11 is 1.87. The highest BCUT2D eigenvalue weighted by Crippen LogP contribution is 2.40. The predicted octanol–water partition coefficient (Wildman–Crippen LogP) is 7.06. The minimum Gasteiger partial charge on any atom is -0.135 e. The predicted molar refractivity (Wildman–Crippen MR) is 104 cm³/mol. The lowest BCUT2D eigenvalue weighted by Crippen LogP contribution is -1.86. The number of fused-ring (bicyclic) bond motifs is 3. The van der Waals surface area contributed by atoms with Crippen molar-refractivity contribution in [3.63, 3.8) is 0 Å². The Hall–Kier alpha value is -2.38. The van der Waals surface area contributed by atoms with E-state index in [-0.39, 0.29) is 0 Å². The first-order valence-electron chi connectivity index (χ1n) is 7.92. The molecule has 112 valence electrons. The summed E-state index contributed by atoms with van der Waals surface area (Å²) in [5.41, 5.74) is 5.22. The second-order valence-electron chi connectivity index (χ2n) is 5.87. The number of rotatable bonds is 2. The fraction of sp³-hybridized carbons (Fsp3) is 0.0909. The Bertz CT molecular complexity index is 1030. The van der Waals surface area contributed by atoms with E-state index in [1.165, 1.54) is 42.4 Å². The maximum atomic E-state index is 2.27. The zero-order valence-corrected chi connectivity index (χ0v) is 14.2. The summed E-state index contributed by atoms with van der Waals surface area (Å²) in [5.74, 6) is 0. The van der Waals surface area contributed by atoms with Gasteiger partial charge in [-0.3, -0.25) is 0 Å². The molecule has 0 amide bonds. The molecule has 0 fully saturated rings. The second-order valence-corrected chi connectivity index (χ2v) is 6.95. The Morgan fingerprint density at radius 1 is 0.826 bits per heavy atom. The molecule has 1 heterocycles. The SMILES string of the molecule is C/C=C/c1cc(C)ccc1-c1cccc2sc3ccccc3c12. The zero-order chi connectivity index (χ0) is 15.8. The van der Waals surface area contributed by atoms with Crippen molar-refractivity contribution in [1.82, 2.24) is 0 Å². The summed E-state index contributed by atoms with van der Waals surface area (Å²) < 4.78 is 2.71. The van der Waals surface area contributed by atoms with Crippen molar-refractivity contribution in [2.45, 2.75) is 13.8 Å². The van der Waals surface area contributed by atoms with Gasteiger partial charge in [0, 0.05) is 20.2 Å². The highest BCUT2D eigenvalue weighted by Gasteiger charge is 2.12. The number of benzene rings is 3. The van der Waals surface area contributed by atoms with Crippen LogP contribution < -0.4 is 0 Å². The molecule has 3 aromatic carbocycles. The van der Waals surface area contributed by atoms with E-state index in [4.69, 9.17) is 0 Å². The van der Waals surface area contributed by atoms with Gasteiger partial charge in [0.2, 0.25) is 0 Å². The third kappa shape index (κ3) is 2.38. The minimum atomic E-state index is 1.29. The molecule has 1 heteroatoms. The molecule has 0 aliphatic heterocycles. The van der Waals surface area contributed by atoms with Crippen molar-refractivity contribution in [3.05, 3.63) is 77.9 Å². The summed E-state index contributed by atoms with van der Waals surface area (Å²) in [6.07, 6.45) is 4.32. The number of hydrogen-bond acceptors (Lipinski definition) is 1. The van der Waals surface area contributed by atoms with Crippen molar-refractivity contribution in [2.75, 3.05) is 0 Å². The Kier molecular flexibility index (Phi) is 3.51. The van der Waals surface area contributed by atoms with Gasteiger partial charge in [-0.05, 0) is 42.7 Å². The maximum absolute atomic E-state index is 2.27. The number of thiophene rings is 1. The molecule has 0 atom stereocenters. The molecule has 0 saturated carbocycles. The molecule has 23 heavy (non-hydrogen) atoms. The van der Waals surface area contributed by atoms with Gasteiger partial charge >= 0.3 is 0 Å². The van der Waals surface area contributed by atoms with Gasteiger partial charge in [0.15, 0.2) is 0 Å². The Morgan fingerprint density at radius 2 is 1.65 bits per heavy atom. The van der Waals surface area contributed by atoms with Crippen molar-refractivity contribution in [1.29, 1.82) is 0 Å². The van der Waals surface area contributed by atoms with Crippen LogP contribution in [0.15, 0.2) is 66.7 Å². The Labute approximate surface area is 140 Å². The van der Waals surface area contributed by atoms with E-state index >= 15 is 0 Å². The molecule has 0 saturated heterocycles. The maximum Gasteiger partial charge on any atom is 0.0361 e. The molecule has 0 spiro atoms. The van der Waals surface area contributed by atoms with Crippen LogP contribution in [0.1, 0.15) is 18.1 Å². The van der Waals surface area contributed by atoms with E-state index in [1.807, 2.05) is 11.3 Å². The normalized spacial score (nSPS) is 11.7. The summed E-state index contributed by atoms with van der Waals surface area (Å²) in [6, 6.07) is 22.1. The molecule has 4 aromatic rings. The first kappa shape index (κ1) is 14.2. The molecular formula is C22H18S. The van der Waals surface area contributed by atoms with Gasteiger partial charge in [-0.1, -0.05) is 66.2 Å². The first-order chi connectivity index (χ1) is 11.3. The number of hydrogen-bond donors (Lipinski definition) is 0. The monoisotopic (exact) mass is 314 g/mol. The summed E-state index contributed by atoms with van der Waals surface area (Å²) in [6.45, 7) is 4.23. The zero-order valence-electron chi connectivity index (χ0n) is 13.3. The largest absolute Gasteiger partial charge is 0.135 e. The van der Waals surface area contributed by atoms with E-state index in [9.17, 15) is 0 Å². The van der Waals surface area contributed by atoms with E-state index in [0.29, 0.717) is 0 Å². The van der Waals surface area contributed by atoms with Crippen LogP contribution in [0.4, 0.5) is 0 Å². The van der Waals surface area contributed by atoms with Crippen LogP contribution in [-0.2, 0) is 0 Å². The quantitative estimate of drug-likeness (QED) is 0.371. The lowest BCUT2D eigenvalue weighted by atomic mass is 9.94. The fourth-order valence-corrected chi connectivity index (χ4v) is 4.38. The van der Waals surface area contributed by atoms with Gasteiger partial charge in [-0.15, -0.1) is 11.3 Å². The third-order valence-corrected chi connectivity index (χ3v) is 5.38. The Balaban J connectivity index is 2.11. The van der Waals surface area contributed by atoms with Crippen molar-refractivity contribution >= 4 is 37.6 Å². The van der Waals surface area contributed by atoms with Gasteiger partial charge < -0.3 is 0 Å². The summed E-state index contributed by atoms with van der Waals surface area (Å²) in [7, 11) is 0. The smallest absolute Gasteiger partial charge is 0.0361 e. The molecule has 1 aromatic heterocycles. The van der Waals surface area contributed by atoms with E-state index in [2.05, 4.69) is 86.7 Å². The first-order valence-corrected chi connectivity index (χ1v) is 8.73. The summed E-state index contributed by atoms with van der Waals surface area (Å²) in [5, 5.41) is 2.73. The third-order valence-electron chi connectivity index (χ3n) is 4.25. The van der Waals surface area contributed by atoms with Crippen LogP contribution in [0.3, 0.4) is 0 Å². The molecular weight excluding hydrogens is 296 g/mol. The molecule has 0 unspecified atom stereocenters. The minimum absolute atomic E-state index is 1.29. The molecule has 0 radical (unpaired) electrons. The van der Waals surface area contributed by atoms with Crippen molar-refractivity contribution < 1.29 is 0 Å². The molecule has 0 aliphatic carbocycles. The topological polar surface area (TPSA) is 0 Å². The highest BCUT2D eigenvalue weighted by atomic mass is 32.1. The van der Waals surface area contributed by atoms with Crippen LogP contribution in [0.25, 0.3) is 37.4 Å². The van der Waals surface area contributed by atoms with Crippen LogP contribution in [0.5, 0.6) is 0 Å². The van der Waals surface area contributed by atoms with E-state index < -0.39 is 0 Å². The standard InChI is InChI=1S/C22H18S/c1-3-7-16-14-15(2)12-13-17(16)18-9-6-11-21-22(18)19-8-4-5-10-20(19)23-21/h3-14H,1-2H3/b7-3+. The highest BCUT2D eigenvalue weighted by molar-refractivity contribution is 7.25. The number of aryl methyl sites for hydroxylation is 1. The average molecular weight is 314 g/mol. The van der Waals surface area contributed by atoms with Gasteiger partial charge in [0.05, 0.1) is 0 Å². The average Bonchev–Trinajstić information content (AvgIpc) is 2.94. The van der Waals surface area contributed by atoms with Gasteiger partial charge in [0.1, 0.15) is 0 Å². The lowest BCUT2D eigenvalue weighted by Gasteiger charge is -2.10. The van der Waals surface area contributed by atoms with Crippen LogP contribution in [0, 0.1) is 6.92 Å². The van der Waals surface area contributed by atoms with Gasteiger partial charge in [-0.2, -0.15) is 0 Å².